The molecule has 0 fully saturated rings. The second-order valence-electron chi connectivity index (χ2n) is 7.18. The molecule has 3 N–H and O–H groups in total. The Bertz CT molecular complexity index is 652. The predicted octanol–water partition coefficient (Wildman–Crippen LogP) is 4.29. The van der Waals surface area contributed by atoms with Crippen LogP contribution in [0.2, 0.25) is 0 Å². The zero-order valence-corrected chi connectivity index (χ0v) is 16.5. The van der Waals surface area contributed by atoms with E-state index in [2.05, 4.69) is 5.09 Å². The van der Waals surface area contributed by atoms with Crippen LogP contribution >= 0.6 is 7.36 Å². The summed E-state index contributed by atoms with van der Waals surface area (Å²) in [5.74, 6) is 0. The molecule has 0 unspecified atom stereocenters. The van der Waals surface area contributed by atoms with Gasteiger partial charge >= 0.3 is 151 Å². The van der Waals surface area contributed by atoms with Gasteiger partial charge in [0.15, 0.2) is 0 Å². The summed E-state index contributed by atoms with van der Waals surface area (Å²) >= 11 is 0. The van der Waals surface area contributed by atoms with Gasteiger partial charge in [-0.2, -0.15) is 0 Å². The molecule has 2 aromatic rings. The topological polar surface area (TPSA) is 55.7 Å². The van der Waals surface area contributed by atoms with Gasteiger partial charge in [-0.15, -0.1) is 0 Å². The Morgan fingerprint density at radius 2 is 1.24 bits per heavy atom. The van der Waals surface area contributed by atoms with Crippen LogP contribution in [0.15, 0.2) is 60.7 Å². The van der Waals surface area contributed by atoms with E-state index in [1.165, 1.54) is 0 Å². The van der Waals surface area contributed by atoms with Gasteiger partial charge in [-0.1, -0.05) is 0 Å². The van der Waals surface area contributed by atoms with E-state index in [0.717, 1.165) is 11.1 Å². The molecule has 0 bridgehead atoms. The van der Waals surface area contributed by atoms with Crippen molar-refractivity contribution in [3.05, 3.63) is 71.8 Å². The van der Waals surface area contributed by atoms with Crippen LogP contribution in [-0.2, 0) is 12.7 Å². The molecule has 0 aliphatic heterocycles. The van der Waals surface area contributed by atoms with Crippen molar-refractivity contribution in [3.63, 3.8) is 0 Å². The van der Waals surface area contributed by atoms with Crippen molar-refractivity contribution < 1.29 is 9.79 Å². The summed E-state index contributed by atoms with van der Waals surface area (Å²) in [6, 6.07) is 19.5. The molecule has 0 aliphatic carbocycles. The van der Waals surface area contributed by atoms with Crippen molar-refractivity contribution in [2.75, 3.05) is 0 Å². The first-order valence-corrected chi connectivity index (χ1v) is 11.1. The van der Waals surface area contributed by atoms with E-state index >= 15 is 0 Å². The monoisotopic (exact) mass is 362 g/mol. The summed E-state index contributed by atoms with van der Waals surface area (Å²) in [6.07, 6.45) is 0.190. The van der Waals surface area contributed by atoms with E-state index in [1.54, 1.807) is 0 Å². The first-order chi connectivity index (χ1) is 11.7. The fraction of sp³-hybridized carbons (Fsp3) is 0.400. The Kier molecular flexibility index (Phi) is 6.36. The normalized spacial score (nSPS) is 14.0. The molecule has 0 saturated heterocycles. The maximum atomic E-state index is 11.7. The fourth-order valence-electron chi connectivity index (χ4n) is 3.55. The van der Waals surface area contributed by atoms with Crippen LogP contribution in [0.1, 0.15) is 38.8 Å². The van der Waals surface area contributed by atoms with Gasteiger partial charge in [-0.25, -0.2) is 0 Å². The van der Waals surface area contributed by atoms with E-state index < -0.39 is 7.36 Å². The summed E-state index contributed by atoms with van der Waals surface area (Å²) < 4.78 is 1.85. The van der Waals surface area contributed by atoms with Crippen molar-refractivity contribution >= 4 is 7.36 Å². The van der Waals surface area contributed by atoms with E-state index in [4.69, 9.17) is 0 Å². The molecule has 2 aromatic carbocycles. The number of nitrogens with one attached hydrogen (secondary N) is 1. The summed E-state index contributed by atoms with van der Waals surface area (Å²) in [6.45, 7) is 8.42. The molecule has 0 spiro atoms. The summed E-state index contributed by atoms with van der Waals surface area (Å²) in [4.78, 5) is 23.4. The van der Waals surface area contributed by atoms with E-state index in [1.807, 2.05) is 93.0 Å². The minimum absolute atomic E-state index is 0.000322. The Hall–Kier alpha value is -1.29. The summed E-state index contributed by atoms with van der Waals surface area (Å²) in [7, 11) is -4.34. The second-order valence-corrected chi connectivity index (χ2v) is 10.6. The molecule has 4 nitrogen and oxygen atoms in total. The first kappa shape index (κ1) is 20.0. The van der Waals surface area contributed by atoms with Gasteiger partial charge in [0, 0.05) is 0 Å². The van der Waals surface area contributed by atoms with Crippen LogP contribution in [0.3, 0.4) is 0 Å². The average Bonchev–Trinajstić information content (AvgIpc) is 2.54. The number of rotatable bonds is 8. The van der Waals surface area contributed by atoms with Gasteiger partial charge in [0.1, 0.15) is 0 Å². The van der Waals surface area contributed by atoms with Crippen molar-refractivity contribution in [2.24, 2.45) is 0 Å². The third kappa shape index (κ3) is 5.10. The Balaban J connectivity index is 2.38. The third-order valence-electron chi connectivity index (χ3n) is 4.31. The molecule has 0 radical (unpaired) electrons. The van der Waals surface area contributed by atoms with Crippen LogP contribution in [0.25, 0.3) is 0 Å². The molecule has 0 atom stereocenters. The molecular formula is C20H31N2O2P. The maximum absolute atomic E-state index is 11.7. The molecule has 0 amide bonds. The predicted molar refractivity (Wildman–Crippen MR) is 107 cm³/mol. The number of hydrogen-bond acceptors (Lipinski definition) is 4. The average molecular weight is 362 g/mol. The molecule has 5 heteroatoms. The molecule has 0 heterocycles. The van der Waals surface area contributed by atoms with E-state index in [0.29, 0.717) is 6.54 Å². The molecule has 138 valence electrons. The van der Waals surface area contributed by atoms with Gasteiger partial charge in [0.05, 0.1) is 0 Å². The number of benzene rings is 2. The molecule has 0 aromatic heterocycles. The van der Waals surface area contributed by atoms with Crippen LogP contribution < -0.4 is 5.09 Å². The second kappa shape index (κ2) is 7.94. The molecule has 25 heavy (non-hydrogen) atoms. The third-order valence-corrected chi connectivity index (χ3v) is 7.96. The number of nitrogens with zero attached hydrogens (tertiary/aromatic N) is 1. The molecule has 2 rings (SSSR count). The molecule has 0 aliphatic rings. The van der Waals surface area contributed by atoms with Crippen molar-refractivity contribution in [1.82, 2.24) is 9.76 Å². The van der Waals surface area contributed by atoms with Crippen LogP contribution in [0.5, 0.6) is 0 Å². The Labute approximate surface area is 151 Å². The Morgan fingerprint density at radius 3 is 1.68 bits per heavy atom. The van der Waals surface area contributed by atoms with E-state index in [-0.39, 0.29) is 18.2 Å². The van der Waals surface area contributed by atoms with Crippen LogP contribution in [-0.4, -0.2) is 26.5 Å². The quantitative estimate of drug-likeness (QED) is 0.613. The zero-order valence-electron chi connectivity index (χ0n) is 15.6. The zero-order chi connectivity index (χ0) is 18.5. The van der Waals surface area contributed by atoms with Crippen LogP contribution in [0.4, 0.5) is 0 Å². The van der Waals surface area contributed by atoms with Gasteiger partial charge in [0.25, 0.3) is 0 Å². The molecular weight excluding hydrogens is 331 g/mol. The summed E-state index contributed by atoms with van der Waals surface area (Å²) in [5.41, 5.74) is 1.94. The van der Waals surface area contributed by atoms with Crippen LogP contribution in [0, 0.1) is 0 Å². The van der Waals surface area contributed by atoms with Crippen molar-refractivity contribution in [2.45, 2.75) is 52.5 Å². The Morgan fingerprint density at radius 1 is 0.800 bits per heavy atom. The van der Waals surface area contributed by atoms with E-state index in [9.17, 15) is 9.79 Å². The van der Waals surface area contributed by atoms with Gasteiger partial charge in [-0.3, -0.25) is 0 Å². The fourth-order valence-corrected chi connectivity index (χ4v) is 7.32. The SMILES string of the molecule is CC(C)N(C(C)C)P(O)(O)(Cc1ccccc1)NCc1ccccc1. The molecule has 0 saturated carbocycles. The minimum atomic E-state index is -4.34. The van der Waals surface area contributed by atoms with Gasteiger partial charge in [-0.05, 0) is 0 Å². The van der Waals surface area contributed by atoms with Gasteiger partial charge < -0.3 is 0 Å². The summed E-state index contributed by atoms with van der Waals surface area (Å²) in [5, 5.41) is 3.17. The first-order valence-electron chi connectivity index (χ1n) is 8.85. The standard InChI is InChI=1S/C20H31N2O2P/c1-17(2)22(18(3)4)25(23,24,16-20-13-9-6-10-14-20)21-15-19-11-7-5-8-12-19/h5-14,17-18,21,23-24H,15-16H2,1-4H3. The van der Waals surface area contributed by atoms with Gasteiger partial charge in [0.2, 0.25) is 0 Å². The van der Waals surface area contributed by atoms with Crippen molar-refractivity contribution in [3.8, 4) is 0 Å². The van der Waals surface area contributed by atoms with Crippen molar-refractivity contribution in [1.29, 1.82) is 0 Å². The number of hydrogen-bond donors (Lipinski definition) is 3.